The minimum Gasteiger partial charge on any atom is -0.372 e. The third-order valence-corrected chi connectivity index (χ3v) is 12.9. The molecule has 3 atom stereocenters. The van der Waals surface area contributed by atoms with Gasteiger partial charge in [-0.25, -0.2) is 0 Å². The molecule has 0 N–H and O–H groups in total. The van der Waals surface area contributed by atoms with Gasteiger partial charge in [0.15, 0.2) is 8.24 Å². The average Bonchev–Trinajstić information content (AvgIpc) is 3.01. The van der Waals surface area contributed by atoms with Crippen LogP contribution in [0.5, 0.6) is 0 Å². The van der Waals surface area contributed by atoms with Gasteiger partial charge in [-0.05, 0) is 29.7 Å². The van der Waals surface area contributed by atoms with Crippen molar-refractivity contribution in [3.05, 3.63) is 71.3 Å². The van der Waals surface area contributed by atoms with Crippen molar-refractivity contribution in [2.75, 3.05) is 0 Å². The molecule has 3 amide bonds. The maximum Gasteiger partial charge on any atom is 0.262 e. The van der Waals surface area contributed by atoms with Crippen LogP contribution in [0.3, 0.4) is 0 Å². The van der Waals surface area contributed by atoms with Crippen molar-refractivity contribution in [3.8, 4) is 0 Å². The highest BCUT2D eigenvalue weighted by molar-refractivity contribution is 6.80. The summed E-state index contributed by atoms with van der Waals surface area (Å²) in [6, 6.07) is 15.4. The standard InChI is InChI=1S/C26H32N2O4Si/c1-17(32-16-18-12-8-7-9-13-18)21-22(25(31)28(21)33(5,6)26(2,3)4)27-23(29)19-14-10-11-15-20(19)24(27)30/h7-15,17,21-22H,16H2,1-6H3/t17-,21+,22+/m0/s1. The maximum atomic E-state index is 13.6. The lowest BCUT2D eigenvalue weighted by atomic mass is 9.92. The number of benzene rings is 2. The molecule has 0 spiro atoms. The molecule has 0 unspecified atom stereocenters. The highest BCUT2D eigenvalue weighted by Gasteiger charge is 2.63. The molecular formula is C26H32N2O4Si. The number of nitrogens with zero attached hydrogens (tertiary/aromatic N) is 2. The van der Waals surface area contributed by atoms with Crippen LogP contribution in [0.2, 0.25) is 18.1 Å². The first-order valence-electron chi connectivity index (χ1n) is 11.4. The first-order chi connectivity index (χ1) is 15.5. The van der Waals surface area contributed by atoms with Gasteiger partial charge in [-0.3, -0.25) is 19.3 Å². The minimum atomic E-state index is -2.28. The Hall–Kier alpha value is -2.77. The van der Waals surface area contributed by atoms with Crippen molar-refractivity contribution in [2.24, 2.45) is 0 Å². The van der Waals surface area contributed by atoms with E-state index in [0.717, 1.165) is 5.56 Å². The Morgan fingerprint density at radius 2 is 1.42 bits per heavy atom. The molecule has 174 valence electrons. The van der Waals surface area contributed by atoms with Gasteiger partial charge in [-0.15, -0.1) is 0 Å². The zero-order valence-corrected chi connectivity index (χ0v) is 21.2. The molecule has 0 aromatic heterocycles. The molecule has 2 aliphatic heterocycles. The van der Waals surface area contributed by atoms with Crippen LogP contribution in [-0.2, 0) is 16.1 Å². The lowest BCUT2D eigenvalue weighted by Gasteiger charge is -2.60. The summed E-state index contributed by atoms with van der Waals surface area (Å²) in [6.07, 6.45) is -0.355. The highest BCUT2D eigenvalue weighted by Crippen LogP contribution is 2.46. The summed E-state index contributed by atoms with van der Waals surface area (Å²) in [5.41, 5.74) is 1.75. The van der Waals surface area contributed by atoms with Gasteiger partial charge in [0.1, 0.15) is 6.04 Å². The predicted molar refractivity (Wildman–Crippen MR) is 129 cm³/mol. The molecule has 7 heteroatoms. The van der Waals surface area contributed by atoms with Crippen molar-refractivity contribution in [2.45, 2.75) is 70.6 Å². The van der Waals surface area contributed by atoms with Gasteiger partial charge in [0.25, 0.3) is 11.8 Å². The third kappa shape index (κ3) is 3.73. The van der Waals surface area contributed by atoms with E-state index in [0.29, 0.717) is 17.7 Å². The van der Waals surface area contributed by atoms with Gasteiger partial charge in [-0.2, -0.15) is 0 Å². The molecule has 0 radical (unpaired) electrons. The van der Waals surface area contributed by atoms with Gasteiger partial charge in [0.2, 0.25) is 5.91 Å². The fraction of sp³-hybridized carbons (Fsp3) is 0.423. The summed E-state index contributed by atoms with van der Waals surface area (Å²) in [5, 5.41) is -0.0903. The minimum absolute atomic E-state index is 0.0903. The number of carbonyl (C=O) groups excluding carboxylic acids is 3. The van der Waals surface area contributed by atoms with Crippen LogP contribution in [0.25, 0.3) is 0 Å². The third-order valence-electron chi connectivity index (χ3n) is 7.49. The Balaban J connectivity index is 1.67. The molecule has 4 rings (SSSR count). The fourth-order valence-corrected chi connectivity index (χ4v) is 7.10. The maximum absolute atomic E-state index is 13.6. The normalized spacial score (nSPS) is 21.8. The highest BCUT2D eigenvalue weighted by atomic mass is 28.3. The molecule has 1 fully saturated rings. The van der Waals surface area contributed by atoms with Crippen molar-refractivity contribution in [3.63, 3.8) is 0 Å². The monoisotopic (exact) mass is 464 g/mol. The molecule has 2 aromatic rings. The second kappa shape index (κ2) is 8.22. The first-order valence-corrected chi connectivity index (χ1v) is 14.4. The second-order valence-electron chi connectivity index (χ2n) is 10.5. The van der Waals surface area contributed by atoms with E-state index in [1.165, 1.54) is 4.90 Å². The quantitative estimate of drug-likeness (QED) is 0.359. The number of β-lactam (4-membered cyclic amide) rings is 1. The zero-order chi connectivity index (χ0) is 24.1. The largest absolute Gasteiger partial charge is 0.372 e. The lowest BCUT2D eigenvalue weighted by Crippen LogP contribution is -2.81. The zero-order valence-electron chi connectivity index (χ0n) is 20.2. The molecule has 2 aromatic carbocycles. The van der Waals surface area contributed by atoms with E-state index >= 15 is 0 Å². The van der Waals surface area contributed by atoms with Crippen molar-refractivity contribution >= 4 is 26.0 Å². The van der Waals surface area contributed by atoms with Crippen molar-refractivity contribution in [1.29, 1.82) is 0 Å². The Kier molecular flexibility index (Phi) is 5.83. The Labute approximate surface area is 196 Å². The summed E-state index contributed by atoms with van der Waals surface area (Å²) in [5.74, 6) is -0.954. The molecule has 2 heterocycles. The lowest BCUT2D eigenvalue weighted by molar-refractivity contribution is -0.156. The van der Waals surface area contributed by atoms with Gasteiger partial charge < -0.3 is 9.30 Å². The van der Waals surface area contributed by atoms with E-state index in [9.17, 15) is 14.4 Å². The molecule has 6 nitrogen and oxygen atoms in total. The predicted octanol–water partition coefficient (Wildman–Crippen LogP) is 4.47. The van der Waals surface area contributed by atoms with Crippen molar-refractivity contribution < 1.29 is 19.1 Å². The van der Waals surface area contributed by atoms with Gasteiger partial charge in [0.05, 0.1) is 29.9 Å². The number of hydrogen-bond donors (Lipinski definition) is 0. The van der Waals surface area contributed by atoms with Crippen LogP contribution in [0.15, 0.2) is 54.6 Å². The number of hydrogen-bond acceptors (Lipinski definition) is 4. The Bertz CT molecular complexity index is 1060. The summed E-state index contributed by atoms with van der Waals surface area (Å²) in [7, 11) is -2.28. The van der Waals surface area contributed by atoms with Gasteiger partial charge in [0, 0.05) is 0 Å². The SMILES string of the molecule is C[C@H](OCc1ccccc1)[C@@H]1[C@@H](N2C(=O)c3ccccc3C2=O)C(=O)N1[Si](C)(C)C(C)(C)C. The molecule has 1 saturated heterocycles. The van der Waals surface area contributed by atoms with E-state index in [-0.39, 0.29) is 23.1 Å². The fourth-order valence-electron chi connectivity index (χ4n) is 4.59. The van der Waals surface area contributed by atoms with E-state index in [2.05, 4.69) is 33.9 Å². The van der Waals surface area contributed by atoms with Crippen LogP contribution in [0.1, 0.15) is 54.0 Å². The molecule has 0 aliphatic carbocycles. The average molecular weight is 465 g/mol. The molecule has 0 saturated carbocycles. The summed E-state index contributed by atoms with van der Waals surface area (Å²) in [6.45, 7) is 13.1. The number of carbonyl (C=O) groups is 3. The topological polar surface area (TPSA) is 66.9 Å². The summed E-state index contributed by atoms with van der Waals surface area (Å²) < 4.78 is 8.19. The Morgan fingerprint density at radius 3 is 1.94 bits per heavy atom. The van der Waals surface area contributed by atoms with E-state index < -0.39 is 26.1 Å². The number of ether oxygens (including phenoxy) is 1. The van der Waals surface area contributed by atoms with Gasteiger partial charge >= 0.3 is 0 Å². The van der Waals surface area contributed by atoms with Crippen LogP contribution in [-0.4, -0.2) is 53.6 Å². The van der Waals surface area contributed by atoms with E-state index in [4.69, 9.17) is 4.74 Å². The molecule has 2 aliphatic rings. The first kappa shape index (κ1) is 23.4. The van der Waals surface area contributed by atoms with Crippen molar-refractivity contribution in [1.82, 2.24) is 9.47 Å². The van der Waals surface area contributed by atoms with E-state index in [1.54, 1.807) is 24.3 Å². The van der Waals surface area contributed by atoms with Crippen LogP contribution >= 0.6 is 0 Å². The number of imide groups is 1. The summed E-state index contributed by atoms with van der Waals surface area (Å²) in [4.78, 5) is 41.2. The van der Waals surface area contributed by atoms with E-state index in [1.807, 2.05) is 41.8 Å². The number of amides is 3. The number of rotatable bonds is 6. The Morgan fingerprint density at radius 1 is 0.909 bits per heavy atom. The van der Waals surface area contributed by atoms with Crippen LogP contribution in [0.4, 0.5) is 0 Å². The van der Waals surface area contributed by atoms with Crippen LogP contribution in [0, 0.1) is 0 Å². The smallest absolute Gasteiger partial charge is 0.262 e. The summed E-state index contributed by atoms with van der Waals surface area (Å²) >= 11 is 0. The molecule has 33 heavy (non-hydrogen) atoms. The van der Waals surface area contributed by atoms with Gasteiger partial charge in [-0.1, -0.05) is 76.3 Å². The van der Waals surface area contributed by atoms with Crippen LogP contribution < -0.4 is 0 Å². The molecular weight excluding hydrogens is 432 g/mol. The second-order valence-corrected chi connectivity index (χ2v) is 15.6. The number of fused-ring (bicyclic) bond motifs is 1. The molecule has 0 bridgehead atoms.